The van der Waals surface area contributed by atoms with Crippen LogP contribution in [0.4, 0.5) is 0 Å². The van der Waals surface area contributed by atoms with E-state index in [1.165, 1.54) is 11.8 Å². The van der Waals surface area contributed by atoms with Crippen molar-refractivity contribution in [2.75, 3.05) is 13.1 Å². The van der Waals surface area contributed by atoms with Gasteiger partial charge in [0.1, 0.15) is 48.0 Å². The van der Waals surface area contributed by atoms with Crippen molar-refractivity contribution in [3.05, 3.63) is 0 Å². The maximum atomic E-state index is 14.8. The van der Waals surface area contributed by atoms with Gasteiger partial charge in [0.05, 0.1) is 6.04 Å². The van der Waals surface area contributed by atoms with Crippen molar-refractivity contribution >= 4 is 65.0 Å². The SMILES string of the molecule is CCCC(NC(=O)[C@@H]1CCCCN1C(=O)[C@@H](NC(=O)[C@@H](NC(=O)[C@H](CCC(=O)OC(C)(C)C)NC(=O)[C@H](CCC(=O)OC(C)(C)C)NC(C)=O)C(C)C)C1CCCCC1)C(=O)C(=O)NCC(=O)O. The van der Waals surface area contributed by atoms with Gasteiger partial charge in [-0.2, -0.15) is 0 Å². The minimum atomic E-state index is -1.45. The van der Waals surface area contributed by atoms with Crippen LogP contribution in [0.3, 0.4) is 0 Å². The third-order valence-corrected chi connectivity index (χ3v) is 11.3. The van der Waals surface area contributed by atoms with Gasteiger partial charge in [-0.15, -0.1) is 0 Å². The first-order valence-corrected chi connectivity index (χ1v) is 23.9. The molecule has 2 fully saturated rings. The number of likely N-dealkylation sites (tertiary alicyclic amines) is 1. The van der Waals surface area contributed by atoms with Crippen molar-refractivity contribution in [3.8, 4) is 0 Å². The van der Waals surface area contributed by atoms with E-state index in [0.717, 1.165) is 19.3 Å². The molecule has 2 aliphatic rings. The summed E-state index contributed by atoms with van der Waals surface area (Å²) in [5, 5.41) is 24.3. The Morgan fingerprint density at radius 2 is 1.18 bits per heavy atom. The summed E-state index contributed by atoms with van der Waals surface area (Å²) < 4.78 is 10.8. The van der Waals surface area contributed by atoms with Crippen molar-refractivity contribution in [1.82, 2.24) is 36.8 Å². The van der Waals surface area contributed by atoms with Crippen LogP contribution in [-0.2, 0) is 62.2 Å². The molecule has 21 heteroatoms. The number of nitrogens with zero attached hydrogens (tertiary/aromatic N) is 1. The molecule has 1 heterocycles. The van der Waals surface area contributed by atoms with E-state index in [1.54, 1.807) is 62.3 Å². The number of amides is 7. The number of Topliss-reactive ketones (excluding diaryl/α,β-unsaturated/α-hetero) is 1. The van der Waals surface area contributed by atoms with E-state index in [1.807, 2.05) is 5.32 Å². The highest BCUT2D eigenvalue weighted by Gasteiger charge is 2.42. The van der Waals surface area contributed by atoms with Crippen LogP contribution >= 0.6 is 0 Å². The molecule has 68 heavy (non-hydrogen) atoms. The third-order valence-electron chi connectivity index (χ3n) is 11.3. The topological polar surface area (TPSA) is 302 Å². The van der Waals surface area contributed by atoms with E-state index in [9.17, 15) is 52.7 Å². The molecule has 7 amide bonds. The van der Waals surface area contributed by atoms with Gasteiger partial charge in [0, 0.05) is 26.3 Å². The number of carbonyl (C=O) groups excluding carboxylic acids is 10. The predicted molar refractivity (Wildman–Crippen MR) is 247 cm³/mol. The lowest BCUT2D eigenvalue weighted by Gasteiger charge is -2.40. The molecule has 0 radical (unpaired) electrons. The van der Waals surface area contributed by atoms with Gasteiger partial charge in [0.2, 0.25) is 41.2 Å². The Kier molecular flexibility index (Phi) is 23.6. The average molecular weight is 964 g/mol. The second kappa shape index (κ2) is 27.4. The lowest BCUT2D eigenvalue weighted by molar-refractivity contribution is -0.156. The van der Waals surface area contributed by atoms with E-state index < -0.39 is 125 Å². The van der Waals surface area contributed by atoms with Gasteiger partial charge in [-0.05, 0) is 105 Å². The summed E-state index contributed by atoms with van der Waals surface area (Å²) >= 11 is 0. The molecule has 7 N–H and O–H groups in total. The highest BCUT2D eigenvalue weighted by molar-refractivity contribution is 6.38. The summed E-state index contributed by atoms with van der Waals surface area (Å²) in [5.74, 6) is -9.98. The third kappa shape index (κ3) is 20.7. The van der Waals surface area contributed by atoms with Gasteiger partial charge in [-0.3, -0.25) is 52.7 Å². The largest absolute Gasteiger partial charge is 0.480 e. The van der Waals surface area contributed by atoms with Crippen LogP contribution in [-0.4, -0.2) is 136 Å². The number of nitrogens with one attached hydrogen (secondary N) is 6. The Morgan fingerprint density at radius 1 is 0.647 bits per heavy atom. The van der Waals surface area contributed by atoms with Gasteiger partial charge >= 0.3 is 17.9 Å². The van der Waals surface area contributed by atoms with Crippen molar-refractivity contribution < 1.29 is 67.3 Å². The molecule has 2 rings (SSSR count). The first-order chi connectivity index (χ1) is 31.6. The van der Waals surface area contributed by atoms with Crippen molar-refractivity contribution in [1.29, 1.82) is 0 Å². The van der Waals surface area contributed by atoms with Crippen LogP contribution < -0.4 is 31.9 Å². The molecule has 1 saturated heterocycles. The fourth-order valence-electron chi connectivity index (χ4n) is 8.12. The zero-order chi connectivity index (χ0) is 51.5. The van der Waals surface area contributed by atoms with E-state index >= 15 is 0 Å². The Labute approximate surface area is 399 Å². The number of esters is 2. The fraction of sp³-hybridized carbons (Fsp3) is 0.766. The zero-order valence-corrected chi connectivity index (χ0v) is 41.6. The van der Waals surface area contributed by atoms with E-state index in [2.05, 4.69) is 26.6 Å². The highest BCUT2D eigenvalue weighted by atomic mass is 16.6. The van der Waals surface area contributed by atoms with Gasteiger partial charge in [0.15, 0.2) is 0 Å². The average Bonchev–Trinajstić information content (AvgIpc) is 3.24. The van der Waals surface area contributed by atoms with Crippen LogP contribution in [0.2, 0.25) is 0 Å². The maximum absolute atomic E-state index is 14.8. The molecule has 0 bridgehead atoms. The predicted octanol–water partition coefficient (Wildman–Crippen LogP) is 1.86. The number of ketones is 1. The summed E-state index contributed by atoms with van der Waals surface area (Å²) in [6.45, 7) is 15.6. The zero-order valence-electron chi connectivity index (χ0n) is 41.6. The highest BCUT2D eigenvalue weighted by Crippen LogP contribution is 2.30. The summed E-state index contributed by atoms with van der Waals surface area (Å²) in [5.41, 5.74) is -1.67. The van der Waals surface area contributed by atoms with Crippen LogP contribution in [0, 0.1) is 11.8 Å². The Morgan fingerprint density at radius 3 is 1.68 bits per heavy atom. The van der Waals surface area contributed by atoms with E-state index in [4.69, 9.17) is 14.6 Å². The molecule has 0 spiro atoms. The quantitative estimate of drug-likeness (QED) is 0.0537. The molecular formula is C47H77N7O14. The maximum Gasteiger partial charge on any atom is 0.322 e. The van der Waals surface area contributed by atoms with Gasteiger partial charge in [0.25, 0.3) is 5.91 Å². The standard InChI is InChI=1S/C47H77N7O14/c1-11-17-30(39(60)44(65)48-26-34(56)57)50-42(63)33-20-15-16-25-54(33)45(66)38(29-18-13-12-14-19-29)53-43(64)37(27(2)3)52-41(62)32(22-24-36(59)68-47(8,9)10)51-40(61)31(49-28(4)55)21-23-35(58)67-46(5,6)7/h27,29-33,37-38H,11-26H2,1-10H3,(H,48,65)(H,49,55)(H,50,63)(H,51,61)(H,52,62)(H,53,64)(H,56,57)/t30?,31-,32-,33-,37-,38-/m0/s1. The number of rotatable bonds is 24. The minimum Gasteiger partial charge on any atom is -0.480 e. The van der Waals surface area contributed by atoms with Gasteiger partial charge in [-0.25, -0.2) is 0 Å². The number of piperidine rings is 1. The summed E-state index contributed by atoms with van der Waals surface area (Å²) in [6, 6.07) is -7.49. The lowest BCUT2D eigenvalue weighted by Crippen LogP contribution is -2.63. The van der Waals surface area contributed by atoms with E-state index in [0.29, 0.717) is 32.1 Å². The van der Waals surface area contributed by atoms with Crippen LogP contribution in [0.5, 0.6) is 0 Å². The minimum absolute atomic E-state index is 0.0737. The first kappa shape index (κ1) is 58.5. The molecule has 384 valence electrons. The van der Waals surface area contributed by atoms with Crippen molar-refractivity contribution in [3.63, 3.8) is 0 Å². The summed E-state index contributed by atoms with van der Waals surface area (Å²) in [4.78, 5) is 147. The number of aliphatic carboxylic acids is 1. The number of carbonyl (C=O) groups is 11. The Hall–Kier alpha value is -5.63. The molecule has 1 saturated carbocycles. The lowest BCUT2D eigenvalue weighted by atomic mass is 9.82. The van der Waals surface area contributed by atoms with Crippen molar-refractivity contribution in [2.24, 2.45) is 11.8 Å². The van der Waals surface area contributed by atoms with Crippen LogP contribution in [0.1, 0.15) is 159 Å². The van der Waals surface area contributed by atoms with Gasteiger partial charge in [-0.1, -0.05) is 46.5 Å². The molecule has 0 aromatic carbocycles. The molecule has 0 aromatic heterocycles. The molecule has 6 atom stereocenters. The smallest absolute Gasteiger partial charge is 0.322 e. The monoisotopic (exact) mass is 964 g/mol. The summed E-state index contributed by atoms with van der Waals surface area (Å²) in [7, 11) is 0. The van der Waals surface area contributed by atoms with Crippen LogP contribution in [0.25, 0.3) is 0 Å². The molecule has 1 aliphatic carbocycles. The van der Waals surface area contributed by atoms with Gasteiger partial charge < -0.3 is 51.4 Å². The first-order valence-electron chi connectivity index (χ1n) is 23.9. The Bertz CT molecular complexity index is 1820. The van der Waals surface area contributed by atoms with Crippen molar-refractivity contribution in [2.45, 2.75) is 207 Å². The fourth-order valence-corrected chi connectivity index (χ4v) is 8.12. The molecule has 21 nitrogen and oxygen atoms in total. The molecular weight excluding hydrogens is 887 g/mol. The number of ether oxygens (including phenoxy) is 2. The second-order valence-corrected chi connectivity index (χ2v) is 20.0. The number of carboxylic acid groups (broad SMARTS) is 1. The van der Waals surface area contributed by atoms with Crippen LogP contribution in [0.15, 0.2) is 0 Å². The molecule has 1 aliphatic heterocycles. The Balaban J connectivity index is 2.44. The number of hydrogen-bond donors (Lipinski definition) is 7. The normalized spacial score (nSPS) is 17.8. The molecule has 1 unspecified atom stereocenters. The molecule has 0 aromatic rings. The summed E-state index contributed by atoms with van der Waals surface area (Å²) in [6.07, 6.45) is 4.40. The second-order valence-electron chi connectivity index (χ2n) is 20.0. The number of hydrogen-bond acceptors (Lipinski definition) is 13. The number of carboxylic acids is 1. The van der Waals surface area contributed by atoms with E-state index in [-0.39, 0.29) is 51.0 Å².